The summed E-state index contributed by atoms with van der Waals surface area (Å²) < 4.78 is 1.96. The fraction of sp³-hybridized carbons (Fsp3) is 0.474. The Morgan fingerprint density at radius 2 is 2.20 bits per heavy atom. The summed E-state index contributed by atoms with van der Waals surface area (Å²) in [6.45, 7) is 4.82. The first-order valence-corrected chi connectivity index (χ1v) is 9.17. The van der Waals surface area contributed by atoms with Gasteiger partial charge in [0, 0.05) is 49.5 Å². The van der Waals surface area contributed by atoms with Crippen LogP contribution in [-0.4, -0.2) is 35.9 Å². The highest BCUT2D eigenvalue weighted by Gasteiger charge is 2.44. The lowest BCUT2D eigenvalue weighted by Crippen LogP contribution is -2.43. The van der Waals surface area contributed by atoms with Crippen LogP contribution in [0.4, 0.5) is 0 Å². The number of nitrogens with one attached hydrogen (secondary N) is 2. The SMILES string of the molecule is CN=C(NCC(C)Cn1cccn1)NCC1(c2cccc(Cl)c2)CC1. The van der Waals surface area contributed by atoms with Crippen molar-refractivity contribution in [3.8, 4) is 0 Å². The van der Waals surface area contributed by atoms with Crippen LogP contribution in [-0.2, 0) is 12.0 Å². The standard InChI is InChI=1S/C19H26ClN5/c1-15(13-25-10-4-9-24-25)12-22-18(21-2)23-14-19(7-8-19)16-5-3-6-17(20)11-16/h3-6,9-11,15H,7-8,12-14H2,1-2H3,(H2,21,22,23). The van der Waals surface area contributed by atoms with Gasteiger partial charge in [-0.1, -0.05) is 30.7 Å². The van der Waals surface area contributed by atoms with Crippen LogP contribution in [0.2, 0.25) is 5.02 Å². The Morgan fingerprint density at radius 3 is 2.84 bits per heavy atom. The largest absolute Gasteiger partial charge is 0.356 e. The first-order chi connectivity index (χ1) is 12.1. The number of rotatable bonds is 7. The van der Waals surface area contributed by atoms with E-state index in [1.807, 2.05) is 42.3 Å². The molecule has 0 radical (unpaired) electrons. The second kappa shape index (κ2) is 7.91. The highest BCUT2D eigenvalue weighted by molar-refractivity contribution is 6.30. The maximum absolute atomic E-state index is 6.15. The highest BCUT2D eigenvalue weighted by Crippen LogP contribution is 2.48. The van der Waals surface area contributed by atoms with Gasteiger partial charge in [0.25, 0.3) is 0 Å². The van der Waals surface area contributed by atoms with E-state index < -0.39 is 0 Å². The van der Waals surface area contributed by atoms with Crippen molar-refractivity contribution < 1.29 is 0 Å². The lowest BCUT2D eigenvalue weighted by molar-refractivity contribution is 0.443. The van der Waals surface area contributed by atoms with Crippen LogP contribution in [0.25, 0.3) is 0 Å². The third-order valence-corrected chi connectivity index (χ3v) is 5.02. The van der Waals surface area contributed by atoms with Crippen molar-refractivity contribution in [3.05, 3.63) is 53.3 Å². The summed E-state index contributed by atoms with van der Waals surface area (Å²) in [5, 5.41) is 12.0. The molecular formula is C19H26ClN5. The number of aromatic nitrogens is 2. The minimum Gasteiger partial charge on any atom is -0.356 e. The molecule has 0 spiro atoms. The fourth-order valence-corrected chi connectivity index (χ4v) is 3.26. The molecule has 1 unspecified atom stereocenters. The number of aliphatic imine (C=N–C) groups is 1. The molecule has 1 aliphatic rings. The summed E-state index contributed by atoms with van der Waals surface area (Å²) in [5.41, 5.74) is 1.51. The topological polar surface area (TPSA) is 54.2 Å². The summed E-state index contributed by atoms with van der Waals surface area (Å²) in [6, 6.07) is 10.2. The van der Waals surface area contributed by atoms with Gasteiger partial charge in [0.1, 0.15) is 0 Å². The zero-order valence-electron chi connectivity index (χ0n) is 14.9. The first-order valence-electron chi connectivity index (χ1n) is 8.79. The molecule has 1 heterocycles. The van der Waals surface area contributed by atoms with Gasteiger partial charge in [-0.25, -0.2) is 0 Å². The zero-order chi connectivity index (χ0) is 17.7. The number of nitrogens with zero attached hydrogens (tertiary/aromatic N) is 3. The Labute approximate surface area is 154 Å². The summed E-state index contributed by atoms with van der Waals surface area (Å²) in [7, 11) is 1.81. The second-order valence-electron chi connectivity index (χ2n) is 6.93. The zero-order valence-corrected chi connectivity index (χ0v) is 15.6. The molecule has 0 amide bonds. The van der Waals surface area contributed by atoms with Crippen molar-refractivity contribution in [1.29, 1.82) is 0 Å². The number of guanidine groups is 1. The second-order valence-corrected chi connectivity index (χ2v) is 7.37. The van der Waals surface area contributed by atoms with Crippen molar-refractivity contribution in [2.45, 2.75) is 31.7 Å². The molecule has 1 saturated carbocycles. The van der Waals surface area contributed by atoms with E-state index in [0.29, 0.717) is 5.92 Å². The average Bonchev–Trinajstić information content (AvgIpc) is 3.23. The monoisotopic (exact) mass is 359 g/mol. The molecule has 1 aromatic carbocycles. The predicted octanol–water partition coefficient (Wildman–Crippen LogP) is 3.07. The van der Waals surface area contributed by atoms with E-state index in [9.17, 15) is 0 Å². The summed E-state index contributed by atoms with van der Waals surface area (Å²) in [4.78, 5) is 4.35. The Kier molecular flexibility index (Phi) is 5.63. The van der Waals surface area contributed by atoms with Crippen molar-refractivity contribution >= 4 is 17.6 Å². The summed E-state index contributed by atoms with van der Waals surface area (Å²) >= 11 is 6.15. The molecule has 25 heavy (non-hydrogen) atoms. The lowest BCUT2D eigenvalue weighted by atomic mass is 9.96. The first kappa shape index (κ1) is 17.8. The van der Waals surface area contributed by atoms with E-state index in [2.05, 4.69) is 39.8 Å². The molecule has 3 rings (SSSR count). The normalized spacial score (nSPS) is 17.2. The molecule has 2 aromatic rings. The molecule has 0 bridgehead atoms. The Morgan fingerprint density at radius 1 is 1.36 bits per heavy atom. The maximum atomic E-state index is 6.15. The quantitative estimate of drug-likeness (QED) is 0.590. The molecule has 6 heteroatoms. The molecule has 1 fully saturated rings. The number of hydrogen-bond acceptors (Lipinski definition) is 2. The number of halogens is 1. The number of benzene rings is 1. The summed E-state index contributed by atoms with van der Waals surface area (Å²) in [5.74, 6) is 1.31. The minimum atomic E-state index is 0.198. The van der Waals surface area contributed by atoms with Gasteiger partial charge in [0.15, 0.2) is 5.96 Å². The molecule has 134 valence electrons. The van der Waals surface area contributed by atoms with Crippen LogP contribution < -0.4 is 10.6 Å². The van der Waals surface area contributed by atoms with Gasteiger partial charge >= 0.3 is 0 Å². The van der Waals surface area contributed by atoms with Crippen molar-refractivity contribution in [3.63, 3.8) is 0 Å². The Bertz CT molecular complexity index is 706. The molecule has 0 saturated heterocycles. The van der Waals surface area contributed by atoms with Crippen LogP contribution in [0, 0.1) is 5.92 Å². The smallest absolute Gasteiger partial charge is 0.191 e. The fourth-order valence-electron chi connectivity index (χ4n) is 3.07. The molecular weight excluding hydrogens is 334 g/mol. The summed E-state index contributed by atoms with van der Waals surface area (Å²) in [6.07, 6.45) is 6.18. The molecule has 0 aliphatic heterocycles. The van der Waals surface area contributed by atoms with Crippen molar-refractivity contribution in [2.75, 3.05) is 20.1 Å². The molecule has 1 aromatic heterocycles. The van der Waals surface area contributed by atoms with Crippen molar-refractivity contribution in [1.82, 2.24) is 20.4 Å². The third kappa shape index (κ3) is 4.75. The van der Waals surface area contributed by atoms with Gasteiger partial charge in [-0.2, -0.15) is 5.10 Å². The minimum absolute atomic E-state index is 0.198. The van der Waals surface area contributed by atoms with Gasteiger partial charge in [-0.15, -0.1) is 0 Å². The third-order valence-electron chi connectivity index (χ3n) is 4.78. The van der Waals surface area contributed by atoms with E-state index in [1.54, 1.807) is 0 Å². The lowest BCUT2D eigenvalue weighted by Gasteiger charge is -2.20. The maximum Gasteiger partial charge on any atom is 0.191 e. The van der Waals surface area contributed by atoms with Gasteiger partial charge in [-0.3, -0.25) is 9.67 Å². The van der Waals surface area contributed by atoms with Crippen LogP contribution in [0.5, 0.6) is 0 Å². The highest BCUT2D eigenvalue weighted by atomic mass is 35.5. The van der Waals surface area contributed by atoms with E-state index in [-0.39, 0.29) is 5.41 Å². The van der Waals surface area contributed by atoms with Gasteiger partial charge < -0.3 is 10.6 Å². The Hall–Kier alpha value is -2.01. The van der Waals surface area contributed by atoms with Crippen LogP contribution in [0.3, 0.4) is 0 Å². The van der Waals surface area contributed by atoms with E-state index in [0.717, 1.165) is 30.6 Å². The molecule has 1 atom stereocenters. The van der Waals surface area contributed by atoms with Crippen LogP contribution in [0.1, 0.15) is 25.3 Å². The number of hydrogen-bond donors (Lipinski definition) is 2. The van der Waals surface area contributed by atoms with Gasteiger partial charge in [-0.05, 0) is 42.5 Å². The molecule has 1 aliphatic carbocycles. The molecule has 2 N–H and O–H groups in total. The van der Waals surface area contributed by atoms with E-state index >= 15 is 0 Å². The van der Waals surface area contributed by atoms with E-state index in [1.165, 1.54) is 18.4 Å². The van der Waals surface area contributed by atoms with Gasteiger partial charge in [0.05, 0.1) is 0 Å². The van der Waals surface area contributed by atoms with Crippen LogP contribution in [0.15, 0.2) is 47.7 Å². The Balaban J connectivity index is 1.48. The van der Waals surface area contributed by atoms with E-state index in [4.69, 9.17) is 11.6 Å². The van der Waals surface area contributed by atoms with Crippen LogP contribution >= 0.6 is 11.6 Å². The van der Waals surface area contributed by atoms with Crippen molar-refractivity contribution in [2.24, 2.45) is 10.9 Å². The molecule has 5 nitrogen and oxygen atoms in total. The predicted molar refractivity (Wildman–Crippen MR) is 103 cm³/mol. The average molecular weight is 360 g/mol. The van der Waals surface area contributed by atoms with Gasteiger partial charge in [0.2, 0.25) is 0 Å².